The quantitative estimate of drug-likeness (QED) is 0.547. The van der Waals surface area contributed by atoms with Crippen LogP contribution in [0.15, 0.2) is 103 Å². The first-order valence-corrected chi connectivity index (χ1v) is 9.27. The summed E-state index contributed by atoms with van der Waals surface area (Å²) in [4.78, 5) is 12.9. The average Bonchev–Trinajstić information content (AvgIpc) is 3.22. The summed E-state index contributed by atoms with van der Waals surface area (Å²) in [5.41, 5.74) is 3.77. The van der Waals surface area contributed by atoms with Gasteiger partial charge in [-0.1, -0.05) is 91.0 Å². The molecule has 0 aliphatic rings. The molecular formula is C24H21N3O. The fourth-order valence-electron chi connectivity index (χ4n) is 3.20. The number of nitrogens with zero attached hydrogens (tertiary/aromatic N) is 2. The van der Waals surface area contributed by atoms with Gasteiger partial charge in [-0.15, -0.1) is 0 Å². The van der Waals surface area contributed by atoms with Crippen LogP contribution >= 0.6 is 0 Å². The van der Waals surface area contributed by atoms with E-state index in [2.05, 4.69) is 10.4 Å². The lowest BCUT2D eigenvalue weighted by atomic mass is 9.98. The van der Waals surface area contributed by atoms with E-state index < -0.39 is 0 Å². The molecule has 1 amide bonds. The summed E-state index contributed by atoms with van der Waals surface area (Å²) in [7, 11) is 0. The van der Waals surface area contributed by atoms with Crippen LogP contribution in [-0.4, -0.2) is 15.7 Å². The number of carbonyl (C=O) groups is 1. The maximum Gasteiger partial charge on any atom is 0.255 e. The van der Waals surface area contributed by atoms with Gasteiger partial charge < -0.3 is 5.32 Å². The second-order valence-corrected chi connectivity index (χ2v) is 6.64. The Hall–Kier alpha value is -3.66. The van der Waals surface area contributed by atoms with Crippen LogP contribution in [0.4, 0.5) is 0 Å². The first kappa shape index (κ1) is 17.7. The van der Waals surface area contributed by atoms with E-state index in [4.69, 9.17) is 0 Å². The van der Waals surface area contributed by atoms with Crippen LogP contribution in [0.2, 0.25) is 0 Å². The maximum absolute atomic E-state index is 12.9. The van der Waals surface area contributed by atoms with Gasteiger partial charge in [-0.25, -0.2) is 0 Å². The highest BCUT2D eigenvalue weighted by atomic mass is 16.1. The van der Waals surface area contributed by atoms with Crippen LogP contribution in [0.25, 0.3) is 0 Å². The van der Waals surface area contributed by atoms with Crippen molar-refractivity contribution in [3.8, 4) is 0 Å². The van der Waals surface area contributed by atoms with Gasteiger partial charge in [0.15, 0.2) is 0 Å². The number of hydrogen-bond donors (Lipinski definition) is 1. The second-order valence-electron chi connectivity index (χ2n) is 6.64. The molecule has 0 radical (unpaired) electrons. The smallest absolute Gasteiger partial charge is 0.255 e. The van der Waals surface area contributed by atoms with Gasteiger partial charge in [-0.2, -0.15) is 5.10 Å². The molecule has 4 rings (SSSR count). The summed E-state index contributed by atoms with van der Waals surface area (Å²) in [6.07, 6.45) is 3.40. The fourth-order valence-corrected chi connectivity index (χ4v) is 3.20. The molecule has 0 spiro atoms. The number of carbonyl (C=O) groups excluding carboxylic acids is 1. The molecule has 28 heavy (non-hydrogen) atoms. The Morgan fingerprint density at radius 2 is 1.36 bits per heavy atom. The normalized spacial score (nSPS) is 10.8. The van der Waals surface area contributed by atoms with E-state index in [0.717, 1.165) is 16.7 Å². The van der Waals surface area contributed by atoms with Crippen molar-refractivity contribution in [3.05, 3.63) is 126 Å². The summed E-state index contributed by atoms with van der Waals surface area (Å²) in [6.45, 7) is 0.634. The third kappa shape index (κ3) is 4.18. The lowest BCUT2D eigenvalue weighted by Gasteiger charge is -2.19. The van der Waals surface area contributed by atoms with E-state index in [-0.39, 0.29) is 11.9 Å². The molecule has 138 valence electrons. The van der Waals surface area contributed by atoms with Crippen molar-refractivity contribution in [2.24, 2.45) is 0 Å². The number of amides is 1. The SMILES string of the molecule is O=C(NC(c1ccccc1)c1ccccc1)c1cnn(Cc2ccccc2)c1. The molecule has 1 heterocycles. The van der Waals surface area contributed by atoms with E-state index >= 15 is 0 Å². The number of rotatable bonds is 6. The lowest BCUT2D eigenvalue weighted by Crippen LogP contribution is -2.29. The summed E-state index contributed by atoms with van der Waals surface area (Å²) >= 11 is 0. The number of aromatic nitrogens is 2. The highest BCUT2D eigenvalue weighted by Gasteiger charge is 2.18. The van der Waals surface area contributed by atoms with Gasteiger partial charge in [0, 0.05) is 6.20 Å². The van der Waals surface area contributed by atoms with Crippen molar-refractivity contribution in [1.82, 2.24) is 15.1 Å². The van der Waals surface area contributed by atoms with Crippen molar-refractivity contribution < 1.29 is 4.79 Å². The van der Waals surface area contributed by atoms with Gasteiger partial charge in [0.2, 0.25) is 0 Å². The molecule has 0 aliphatic heterocycles. The van der Waals surface area contributed by atoms with Crippen molar-refractivity contribution >= 4 is 5.91 Å². The van der Waals surface area contributed by atoms with Gasteiger partial charge in [0.1, 0.15) is 0 Å². The van der Waals surface area contributed by atoms with Gasteiger partial charge in [0.25, 0.3) is 5.91 Å². The Bertz CT molecular complexity index is 988. The molecule has 4 nitrogen and oxygen atoms in total. The van der Waals surface area contributed by atoms with Crippen molar-refractivity contribution in [1.29, 1.82) is 0 Å². The zero-order chi connectivity index (χ0) is 19.2. The Labute approximate surface area is 164 Å². The van der Waals surface area contributed by atoms with E-state index in [0.29, 0.717) is 12.1 Å². The lowest BCUT2D eigenvalue weighted by molar-refractivity contribution is 0.0943. The first-order valence-electron chi connectivity index (χ1n) is 9.27. The molecule has 3 aromatic carbocycles. The third-order valence-electron chi connectivity index (χ3n) is 4.62. The molecule has 0 atom stereocenters. The van der Waals surface area contributed by atoms with Gasteiger partial charge in [-0.3, -0.25) is 9.48 Å². The Balaban J connectivity index is 1.54. The van der Waals surface area contributed by atoms with E-state index in [1.54, 1.807) is 17.1 Å². The standard InChI is InChI=1S/C24H21N3O/c28-24(22-16-25-27(18-22)17-19-10-4-1-5-11-19)26-23(20-12-6-2-7-13-20)21-14-8-3-9-15-21/h1-16,18,23H,17H2,(H,26,28). The highest BCUT2D eigenvalue weighted by molar-refractivity contribution is 5.94. The van der Waals surface area contributed by atoms with Gasteiger partial charge in [-0.05, 0) is 16.7 Å². The second kappa shape index (κ2) is 8.35. The molecule has 0 aliphatic carbocycles. The van der Waals surface area contributed by atoms with E-state index in [1.807, 2.05) is 91.0 Å². The average molecular weight is 367 g/mol. The van der Waals surface area contributed by atoms with E-state index in [1.165, 1.54) is 0 Å². The van der Waals surface area contributed by atoms with Gasteiger partial charge in [0.05, 0.1) is 24.3 Å². The fraction of sp³-hybridized carbons (Fsp3) is 0.0833. The molecule has 1 aromatic heterocycles. The maximum atomic E-state index is 12.9. The summed E-state index contributed by atoms with van der Waals surface area (Å²) in [6, 6.07) is 29.8. The van der Waals surface area contributed by atoms with Crippen LogP contribution in [0.3, 0.4) is 0 Å². The molecule has 0 saturated carbocycles. The summed E-state index contributed by atoms with van der Waals surface area (Å²) < 4.78 is 1.78. The number of nitrogens with one attached hydrogen (secondary N) is 1. The molecule has 1 N–H and O–H groups in total. The minimum atomic E-state index is -0.215. The Kier molecular flexibility index (Phi) is 5.29. The number of hydrogen-bond acceptors (Lipinski definition) is 2. The molecular weight excluding hydrogens is 346 g/mol. The highest BCUT2D eigenvalue weighted by Crippen LogP contribution is 2.22. The molecule has 0 fully saturated rings. The Morgan fingerprint density at radius 3 is 1.93 bits per heavy atom. The van der Waals surface area contributed by atoms with Crippen molar-refractivity contribution in [3.63, 3.8) is 0 Å². The first-order chi connectivity index (χ1) is 13.8. The van der Waals surface area contributed by atoms with Crippen LogP contribution in [0.1, 0.15) is 33.1 Å². The minimum absolute atomic E-state index is 0.142. The predicted octanol–water partition coefficient (Wildman–Crippen LogP) is 4.45. The molecule has 0 unspecified atom stereocenters. The van der Waals surface area contributed by atoms with Crippen LogP contribution < -0.4 is 5.32 Å². The largest absolute Gasteiger partial charge is 0.341 e. The zero-order valence-electron chi connectivity index (χ0n) is 15.4. The van der Waals surface area contributed by atoms with Gasteiger partial charge >= 0.3 is 0 Å². The van der Waals surface area contributed by atoms with Crippen LogP contribution in [0, 0.1) is 0 Å². The number of benzene rings is 3. The minimum Gasteiger partial charge on any atom is -0.341 e. The molecule has 0 bridgehead atoms. The van der Waals surface area contributed by atoms with Crippen molar-refractivity contribution in [2.75, 3.05) is 0 Å². The van der Waals surface area contributed by atoms with Crippen LogP contribution in [-0.2, 0) is 6.54 Å². The molecule has 4 aromatic rings. The van der Waals surface area contributed by atoms with Crippen molar-refractivity contribution in [2.45, 2.75) is 12.6 Å². The third-order valence-corrected chi connectivity index (χ3v) is 4.62. The summed E-state index contributed by atoms with van der Waals surface area (Å²) in [5, 5.41) is 7.49. The molecule has 4 heteroatoms. The Morgan fingerprint density at radius 1 is 0.821 bits per heavy atom. The zero-order valence-corrected chi connectivity index (χ0v) is 15.4. The topological polar surface area (TPSA) is 46.9 Å². The summed E-state index contributed by atoms with van der Waals surface area (Å²) in [5.74, 6) is -0.142. The van der Waals surface area contributed by atoms with Crippen LogP contribution in [0.5, 0.6) is 0 Å². The molecule has 0 saturated heterocycles. The monoisotopic (exact) mass is 367 g/mol. The van der Waals surface area contributed by atoms with E-state index in [9.17, 15) is 4.79 Å². The predicted molar refractivity (Wildman–Crippen MR) is 110 cm³/mol.